The summed E-state index contributed by atoms with van der Waals surface area (Å²) in [6.07, 6.45) is -4.10. The van der Waals surface area contributed by atoms with Crippen molar-refractivity contribution in [2.75, 3.05) is 5.43 Å². The lowest BCUT2D eigenvalue weighted by Crippen LogP contribution is -2.17. The Labute approximate surface area is 171 Å². The summed E-state index contributed by atoms with van der Waals surface area (Å²) in [6, 6.07) is 14.0. The van der Waals surface area contributed by atoms with E-state index >= 15 is 0 Å². The van der Waals surface area contributed by atoms with Gasteiger partial charge in [-0.1, -0.05) is 35.4 Å². The maximum atomic E-state index is 12.9. The SMILES string of the molecule is Cc1ccc(-n2ncc(C(=O)O)c2C(F)(F)F)cc1.Cc1ccc(NN)cc1.Cl. The second kappa shape index (κ2) is 9.94. The van der Waals surface area contributed by atoms with Gasteiger partial charge in [0.2, 0.25) is 0 Å². The summed E-state index contributed by atoms with van der Waals surface area (Å²) in [5.74, 6) is 3.49. The minimum absolute atomic E-state index is 0. The summed E-state index contributed by atoms with van der Waals surface area (Å²) in [7, 11) is 0. The molecule has 0 aliphatic carbocycles. The number of nitrogens with zero attached hydrogens (tertiary/aromatic N) is 2. The monoisotopic (exact) mass is 428 g/mol. The highest BCUT2D eigenvalue weighted by atomic mass is 35.5. The summed E-state index contributed by atoms with van der Waals surface area (Å²) in [5, 5.41) is 12.3. The zero-order valence-electron chi connectivity index (χ0n) is 15.6. The van der Waals surface area contributed by atoms with Crippen molar-refractivity contribution in [3.63, 3.8) is 0 Å². The van der Waals surface area contributed by atoms with Gasteiger partial charge < -0.3 is 10.5 Å². The Morgan fingerprint density at radius 2 is 1.52 bits per heavy atom. The van der Waals surface area contributed by atoms with Crippen LogP contribution in [0.15, 0.2) is 54.7 Å². The van der Waals surface area contributed by atoms with Crippen LogP contribution in [0.4, 0.5) is 18.9 Å². The highest BCUT2D eigenvalue weighted by molar-refractivity contribution is 5.89. The maximum Gasteiger partial charge on any atom is 0.434 e. The van der Waals surface area contributed by atoms with Crippen LogP contribution in [0.1, 0.15) is 27.2 Å². The summed E-state index contributed by atoms with van der Waals surface area (Å²) >= 11 is 0. The smallest absolute Gasteiger partial charge is 0.434 e. The number of nitrogens with one attached hydrogen (secondary N) is 1. The minimum Gasteiger partial charge on any atom is -0.478 e. The van der Waals surface area contributed by atoms with Crippen molar-refractivity contribution in [2.24, 2.45) is 5.84 Å². The van der Waals surface area contributed by atoms with Crippen molar-refractivity contribution in [2.45, 2.75) is 20.0 Å². The largest absolute Gasteiger partial charge is 0.478 e. The molecule has 1 aromatic heterocycles. The van der Waals surface area contributed by atoms with Gasteiger partial charge in [0.25, 0.3) is 0 Å². The molecule has 3 rings (SSSR count). The molecule has 0 bridgehead atoms. The van der Waals surface area contributed by atoms with Gasteiger partial charge in [0.1, 0.15) is 5.56 Å². The number of hydrogen-bond acceptors (Lipinski definition) is 4. The van der Waals surface area contributed by atoms with Gasteiger partial charge in [0.15, 0.2) is 5.69 Å². The molecule has 0 unspecified atom stereocenters. The number of nitrogens with two attached hydrogens (primary N) is 1. The fraction of sp³-hybridized carbons (Fsp3) is 0.158. The molecule has 0 radical (unpaired) electrons. The molecule has 2 aromatic carbocycles. The van der Waals surface area contributed by atoms with Crippen LogP contribution in [0.25, 0.3) is 5.69 Å². The number of carboxylic acids is 1. The molecule has 4 N–H and O–H groups in total. The van der Waals surface area contributed by atoms with E-state index in [1.807, 2.05) is 31.2 Å². The van der Waals surface area contributed by atoms with Crippen LogP contribution in [-0.2, 0) is 6.18 Å². The Kier molecular flexibility index (Phi) is 8.23. The Morgan fingerprint density at radius 1 is 1.03 bits per heavy atom. The average Bonchev–Trinajstić information content (AvgIpc) is 3.09. The van der Waals surface area contributed by atoms with E-state index in [1.165, 1.54) is 17.7 Å². The van der Waals surface area contributed by atoms with Crippen molar-refractivity contribution < 1.29 is 23.1 Å². The first-order chi connectivity index (χ1) is 13.1. The van der Waals surface area contributed by atoms with Crippen molar-refractivity contribution in [1.29, 1.82) is 0 Å². The van der Waals surface area contributed by atoms with Crippen LogP contribution in [0.3, 0.4) is 0 Å². The summed E-state index contributed by atoms with van der Waals surface area (Å²) < 4.78 is 39.4. The van der Waals surface area contributed by atoms with Crippen molar-refractivity contribution in [3.05, 3.63) is 77.1 Å². The molecule has 0 saturated heterocycles. The standard InChI is InChI=1S/C12H9F3N2O2.C7H10N2.ClH/c1-7-2-4-8(5-3-7)17-10(12(13,14)15)9(6-16-17)11(18)19;1-6-2-4-7(9-8)5-3-6;/h2-6H,1H3,(H,18,19);2-5,9H,8H2,1H3;1H. The van der Waals surface area contributed by atoms with Crippen LogP contribution in [0, 0.1) is 13.8 Å². The highest BCUT2D eigenvalue weighted by Gasteiger charge is 2.40. The third-order valence-corrected chi connectivity index (χ3v) is 3.76. The second-order valence-corrected chi connectivity index (χ2v) is 5.97. The first-order valence-corrected chi connectivity index (χ1v) is 8.12. The van der Waals surface area contributed by atoms with E-state index in [4.69, 9.17) is 10.9 Å². The predicted molar refractivity (Wildman–Crippen MR) is 106 cm³/mol. The number of aryl methyl sites for hydroxylation is 2. The number of anilines is 1. The van der Waals surface area contributed by atoms with Gasteiger partial charge in [-0.2, -0.15) is 18.3 Å². The van der Waals surface area contributed by atoms with Gasteiger partial charge in [-0.05, 0) is 38.1 Å². The van der Waals surface area contributed by atoms with Gasteiger partial charge in [-0.15, -0.1) is 12.4 Å². The molecule has 0 spiro atoms. The molecule has 0 aliphatic heterocycles. The van der Waals surface area contributed by atoms with Crippen molar-refractivity contribution >= 4 is 24.1 Å². The highest BCUT2D eigenvalue weighted by Crippen LogP contribution is 2.33. The Balaban J connectivity index is 0.000000355. The molecular weight excluding hydrogens is 409 g/mol. The Bertz CT molecular complexity index is 940. The second-order valence-electron chi connectivity index (χ2n) is 5.97. The summed E-state index contributed by atoms with van der Waals surface area (Å²) in [6.45, 7) is 3.83. The molecule has 1 heterocycles. The molecule has 0 amide bonds. The van der Waals surface area contributed by atoms with Crippen molar-refractivity contribution in [1.82, 2.24) is 9.78 Å². The van der Waals surface area contributed by atoms with Crippen LogP contribution in [0.2, 0.25) is 0 Å². The average molecular weight is 429 g/mol. The van der Waals surface area contributed by atoms with Crippen LogP contribution in [-0.4, -0.2) is 20.9 Å². The van der Waals surface area contributed by atoms with E-state index in [9.17, 15) is 18.0 Å². The zero-order chi connectivity index (χ0) is 20.9. The van der Waals surface area contributed by atoms with Crippen molar-refractivity contribution in [3.8, 4) is 5.69 Å². The number of aromatic nitrogens is 2. The van der Waals surface area contributed by atoms with E-state index in [1.54, 1.807) is 19.1 Å². The van der Waals surface area contributed by atoms with Gasteiger partial charge >= 0.3 is 12.1 Å². The summed E-state index contributed by atoms with van der Waals surface area (Å²) in [4.78, 5) is 10.8. The normalized spacial score (nSPS) is 10.4. The van der Waals surface area contributed by atoms with E-state index in [-0.39, 0.29) is 18.1 Å². The van der Waals surface area contributed by atoms with E-state index < -0.39 is 23.4 Å². The molecule has 10 heteroatoms. The Morgan fingerprint density at radius 3 is 1.93 bits per heavy atom. The lowest BCUT2D eigenvalue weighted by molar-refractivity contribution is -0.143. The third-order valence-electron chi connectivity index (χ3n) is 3.76. The number of aromatic carboxylic acids is 1. The fourth-order valence-electron chi connectivity index (χ4n) is 2.31. The lowest BCUT2D eigenvalue weighted by Gasteiger charge is -2.11. The van der Waals surface area contributed by atoms with E-state index in [0.29, 0.717) is 10.9 Å². The maximum absolute atomic E-state index is 12.9. The number of benzene rings is 2. The predicted octanol–water partition coefficient (Wildman–Crippen LogP) is 4.60. The van der Waals surface area contributed by atoms with Crippen LogP contribution < -0.4 is 11.3 Å². The fourth-order valence-corrected chi connectivity index (χ4v) is 2.31. The van der Waals surface area contributed by atoms with Crippen LogP contribution in [0.5, 0.6) is 0 Å². The van der Waals surface area contributed by atoms with Gasteiger partial charge in [-0.3, -0.25) is 5.84 Å². The molecule has 3 aromatic rings. The van der Waals surface area contributed by atoms with E-state index in [2.05, 4.69) is 10.5 Å². The number of halogens is 4. The van der Waals surface area contributed by atoms with Gasteiger partial charge in [-0.25, -0.2) is 9.48 Å². The molecule has 0 aliphatic rings. The number of alkyl halides is 3. The van der Waals surface area contributed by atoms with E-state index in [0.717, 1.165) is 11.3 Å². The molecule has 0 atom stereocenters. The number of nitrogen functional groups attached to an aromatic ring is 1. The molecular formula is C19H20ClF3N4O2. The topological polar surface area (TPSA) is 93.2 Å². The first kappa shape index (κ1) is 24.0. The van der Waals surface area contributed by atoms with Gasteiger partial charge in [0, 0.05) is 5.69 Å². The Hall–Kier alpha value is -3.04. The zero-order valence-corrected chi connectivity index (χ0v) is 16.4. The molecule has 0 saturated carbocycles. The lowest BCUT2D eigenvalue weighted by atomic mass is 10.2. The molecule has 0 fully saturated rings. The minimum atomic E-state index is -4.80. The molecule has 29 heavy (non-hydrogen) atoms. The number of rotatable bonds is 3. The molecule has 6 nitrogen and oxygen atoms in total. The van der Waals surface area contributed by atoms with Gasteiger partial charge in [0.05, 0.1) is 11.9 Å². The van der Waals surface area contributed by atoms with Crippen LogP contribution >= 0.6 is 12.4 Å². The first-order valence-electron chi connectivity index (χ1n) is 8.12. The summed E-state index contributed by atoms with van der Waals surface area (Å²) in [5.41, 5.74) is 3.62. The number of hydrogen-bond donors (Lipinski definition) is 3. The molecule has 156 valence electrons. The number of carboxylic acid groups (broad SMARTS) is 1. The number of hydrazine groups is 1. The quantitative estimate of drug-likeness (QED) is 0.418. The third kappa shape index (κ3) is 6.23. The number of carbonyl (C=O) groups is 1.